The monoisotopic (exact) mass is 350 g/mol. The highest BCUT2D eigenvalue weighted by Crippen LogP contribution is 2.34. The van der Waals surface area contributed by atoms with Crippen LogP contribution in [0, 0.1) is 6.92 Å². The number of benzene rings is 1. The van der Waals surface area contributed by atoms with E-state index in [1.807, 2.05) is 6.92 Å². The number of nitrogens with one attached hydrogen (secondary N) is 1. The van der Waals surface area contributed by atoms with E-state index in [1.165, 1.54) is 24.6 Å². The highest BCUT2D eigenvalue weighted by atomic mass is 35.5. The molecule has 2 rings (SSSR count). The maximum Gasteiger partial charge on any atom is 0.243 e. The molecule has 22 heavy (non-hydrogen) atoms. The molecule has 6 nitrogen and oxygen atoms in total. The van der Waals surface area contributed by atoms with Crippen LogP contribution in [0.5, 0.6) is 11.5 Å². The van der Waals surface area contributed by atoms with Crippen LogP contribution >= 0.6 is 12.4 Å². The Morgan fingerprint density at radius 2 is 1.82 bits per heavy atom. The molecule has 8 heteroatoms. The normalized spacial score (nSPS) is 19.4. The number of methoxy groups -OCH3 is 2. The maximum atomic E-state index is 12.9. The summed E-state index contributed by atoms with van der Waals surface area (Å²) in [4.78, 5) is 0.272. The molecule has 1 aromatic rings. The molecule has 1 N–H and O–H groups in total. The van der Waals surface area contributed by atoms with Crippen molar-refractivity contribution < 1.29 is 17.9 Å². The van der Waals surface area contributed by atoms with Gasteiger partial charge < -0.3 is 14.8 Å². The fourth-order valence-corrected chi connectivity index (χ4v) is 4.40. The van der Waals surface area contributed by atoms with Crippen molar-refractivity contribution >= 4 is 22.4 Å². The molecule has 0 saturated carbocycles. The van der Waals surface area contributed by atoms with E-state index in [1.54, 1.807) is 13.0 Å². The third kappa shape index (κ3) is 3.48. The first-order chi connectivity index (χ1) is 9.91. The molecule has 0 unspecified atom stereocenters. The molecular weight excluding hydrogens is 328 g/mol. The van der Waals surface area contributed by atoms with Gasteiger partial charge in [0, 0.05) is 31.7 Å². The van der Waals surface area contributed by atoms with Gasteiger partial charge in [-0.1, -0.05) is 0 Å². The van der Waals surface area contributed by atoms with E-state index in [-0.39, 0.29) is 23.3 Å². The lowest BCUT2D eigenvalue weighted by Crippen LogP contribution is -2.52. The predicted octanol–water partition coefficient (Wildman–Crippen LogP) is 1.42. The zero-order valence-corrected chi connectivity index (χ0v) is 14.9. The van der Waals surface area contributed by atoms with Crippen LogP contribution in [-0.4, -0.2) is 52.6 Å². The first-order valence-corrected chi connectivity index (χ1v) is 8.31. The Morgan fingerprint density at radius 3 is 2.36 bits per heavy atom. The van der Waals surface area contributed by atoms with Gasteiger partial charge in [-0.3, -0.25) is 0 Å². The van der Waals surface area contributed by atoms with Gasteiger partial charge in [-0.15, -0.1) is 12.4 Å². The van der Waals surface area contributed by atoms with Crippen molar-refractivity contribution in [2.24, 2.45) is 0 Å². The second-order valence-electron chi connectivity index (χ2n) is 5.14. The number of halogens is 1. The van der Waals surface area contributed by atoms with Crippen molar-refractivity contribution in [2.45, 2.75) is 24.8 Å². The summed E-state index contributed by atoms with van der Waals surface area (Å²) in [6.07, 6.45) is 0. The van der Waals surface area contributed by atoms with Gasteiger partial charge in [-0.2, -0.15) is 4.31 Å². The molecule has 1 aliphatic heterocycles. The van der Waals surface area contributed by atoms with Gasteiger partial charge in [0.15, 0.2) is 11.5 Å². The number of ether oxygens (including phenoxy) is 2. The Balaban J connectivity index is 0.00000242. The van der Waals surface area contributed by atoms with E-state index >= 15 is 0 Å². The van der Waals surface area contributed by atoms with Gasteiger partial charge in [0.25, 0.3) is 0 Å². The van der Waals surface area contributed by atoms with Crippen molar-refractivity contribution in [2.75, 3.05) is 33.9 Å². The highest BCUT2D eigenvalue weighted by Gasteiger charge is 2.32. The summed E-state index contributed by atoms with van der Waals surface area (Å²) in [6.45, 7) is 5.46. The Morgan fingerprint density at radius 1 is 1.23 bits per heavy atom. The SMILES string of the molecule is COc1cc(C)c(S(=O)(=O)N2CCNC[C@@H]2C)cc1OC.Cl. The second kappa shape index (κ2) is 7.50. The second-order valence-corrected chi connectivity index (χ2v) is 7.00. The summed E-state index contributed by atoms with van der Waals surface area (Å²) < 4.78 is 37.7. The van der Waals surface area contributed by atoms with Crippen LogP contribution < -0.4 is 14.8 Å². The summed E-state index contributed by atoms with van der Waals surface area (Å²) in [5.41, 5.74) is 0.651. The highest BCUT2D eigenvalue weighted by molar-refractivity contribution is 7.89. The third-order valence-corrected chi connectivity index (χ3v) is 5.86. The molecule has 126 valence electrons. The molecule has 0 aliphatic carbocycles. The smallest absolute Gasteiger partial charge is 0.243 e. The molecule has 0 aromatic heterocycles. The van der Waals surface area contributed by atoms with Gasteiger partial charge >= 0.3 is 0 Å². The molecule has 0 radical (unpaired) electrons. The lowest BCUT2D eigenvalue weighted by molar-refractivity contribution is 0.283. The van der Waals surface area contributed by atoms with E-state index in [4.69, 9.17) is 9.47 Å². The molecular formula is C14H23ClN2O4S. The maximum absolute atomic E-state index is 12.9. The number of aryl methyl sites for hydroxylation is 1. The van der Waals surface area contributed by atoms with Crippen LogP contribution in [0.3, 0.4) is 0 Å². The number of hydrogen-bond acceptors (Lipinski definition) is 5. The fraction of sp³-hybridized carbons (Fsp3) is 0.571. The topological polar surface area (TPSA) is 67.9 Å². The number of nitrogens with zero attached hydrogens (tertiary/aromatic N) is 1. The average molecular weight is 351 g/mol. The summed E-state index contributed by atoms with van der Waals surface area (Å²) >= 11 is 0. The summed E-state index contributed by atoms with van der Waals surface area (Å²) in [7, 11) is -0.513. The summed E-state index contributed by atoms with van der Waals surface area (Å²) in [5, 5.41) is 3.19. The third-order valence-electron chi connectivity index (χ3n) is 3.71. The van der Waals surface area contributed by atoms with Crippen molar-refractivity contribution in [1.29, 1.82) is 0 Å². The Bertz CT molecular complexity index is 622. The molecule has 1 heterocycles. The minimum Gasteiger partial charge on any atom is -0.493 e. The van der Waals surface area contributed by atoms with Crippen LogP contribution in [0.25, 0.3) is 0 Å². The Kier molecular flexibility index (Phi) is 6.49. The van der Waals surface area contributed by atoms with Gasteiger partial charge in [0.2, 0.25) is 10.0 Å². The molecule has 0 spiro atoms. The molecule has 1 saturated heterocycles. The van der Waals surface area contributed by atoms with Crippen molar-refractivity contribution in [3.63, 3.8) is 0 Å². The van der Waals surface area contributed by atoms with Crippen molar-refractivity contribution in [3.05, 3.63) is 17.7 Å². The summed E-state index contributed by atoms with van der Waals surface area (Å²) in [5.74, 6) is 0.951. The van der Waals surface area contributed by atoms with Gasteiger partial charge in [-0.25, -0.2) is 8.42 Å². The first kappa shape index (κ1) is 19.0. The van der Waals surface area contributed by atoms with E-state index in [9.17, 15) is 8.42 Å². The number of hydrogen-bond donors (Lipinski definition) is 1. The molecule has 0 amide bonds. The van der Waals surface area contributed by atoms with Crippen LogP contribution in [0.2, 0.25) is 0 Å². The van der Waals surface area contributed by atoms with Gasteiger partial charge in [0.05, 0.1) is 19.1 Å². The number of sulfonamides is 1. The predicted molar refractivity (Wildman–Crippen MR) is 87.8 cm³/mol. The number of rotatable bonds is 4. The zero-order chi connectivity index (χ0) is 15.6. The van der Waals surface area contributed by atoms with Gasteiger partial charge in [0.1, 0.15) is 0 Å². The van der Waals surface area contributed by atoms with Crippen LogP contribution in [0.1, 0.15) is 12.5 Å². The largest absolute Gasteiger partial charge is 0.493 e. The first-order valence-electron chi connectivity index (χ1n) is 6.87. The van der Waals surface area contributed by atoms with E-state index in [2.05, 4.69) is 5.32 Å². The van der Waals surface area contributed by atoms with Crippen molar-refractivity contribution in [3.8, 4) is 11.5 Å². The molecule has 1 aromatic carbocycles. The lowest BCUT2D eigenvalue weighted by Gasteiger charge is -2.33. The van der Waals surface area contributed by atoms with Crippen LogP contribution in [0.4, 0.5) is 0 Å². The Hall–Kier alpha value is -1.02. The van der Waals surface area contributed by atoms with Crippen LogP contribution in [-0.2, 0) is 10.0 Å². The molecule has 0 bridgehead atoms. The van der Waals surface area contributed by atoms with E-state index in [0.29, 0.717) is 36.7 Å². The average Bonchev–Trinajstić information content (AvgIpc) is 2.46. The lowest BCUT2D eigenvalue weighted by atomic mass is 10.2. The molecule has 1 aliphatic rings. The van der Waals surface area contributed by atoms with E-state index < -0.39 is 10.0 Å². The minimum atomic E-state index is -3.54. The van der Waals surface area contributed by atoms with Gasteiger partial charge in [-0.05, 0) is 25.5 Å². The summed E-state index contributed by atoms with van der Waals surface area (Å²) in [6, 6.07) is 3.16. The van der Waals surface area contributed by atoms with Crippen LogP contribution in [0.15, 0.2) is 17.0 Å². The molecule has 1 atom stereocenters. The quantitative estimate of drug-likeness (QED) is 0.889. The molecule has 1 fully saturated rings. The number of piperazine rings is 1. The van der Waals surface area contributed by atoms with Crippen molar-refractivity contribution in [1.82, 2.24) is 9.62 Å². The zero-order valence-electron chi connectivity index (χ0n) is 13.3. The van der Waals surface area contributed by atoms with E-state index in [0.717, 1.165) is 0 Å². The Labute approximate surface area is 138 Å². The minimum absolute atomic E-state index is 0. The fourth-order valence-electron chi connectivity index (χ4n) is 2.55. The standard InChI is InChI=1S/C14H22N2O4S.ClH/c1-10-7-12(19-3)13(20-4)8-14(10)21(17,18)16-6-5-15-9-11(16)2;/h7-8,11,15H,5-6,9H2,1-4H3;1H/t11-;/m0./s1.